The molecule has 6 heteroatoms. The van der Waals surface area contributed by atoms with Gasteiger partial charge in [0.05, 0.1) is 13.2 Å². The second-order valence-corrected chi connectivity index (χ2v) is 7.24. The van der Waals surface area contributed by atoms with E-state index in [0.29, 0.717) is 13.2 Å². The van der Waals surface area contributed by atoms with Crippen LogP contribution in [0.15, 0.2) is 48.5 Å². The van der Waals surface area contributed by atoms with Crippen LogP contribution in [0.3, 0.4) is 0 Å². The first kappa shape index (κ1) is 18.5. The number of rotatable bonds is 9. The summed E-state index contributed by atoms with van der Waals surface area (Å²) in [5, 5.41) is 6.09. The van der Waals surface area contributed by atoms with Gasteiger partial charge in [0.15, 0.2) is 0 Å². The van der Waals surface area contributed by atoms with E-state index < -0.39 is 7.67 Å². The number of ether oxygens (including phenoxy) is 1. The first-order chi connectivity index (χ1) is 11.5. The second kappa shape index (κ2) is 8.88. The van der Waals surface area contributed by atoms with Crippen LogP contribution in [-0.2, 0) is 13.8 Å². The maximum Gasteiger partial charge on any atom is 0.391 e. The summed E-state index contributed by atoms with van der Waals surface area (Å²) in [6.07, 6.45) is 0. The van der Waals surface area contributed by atoms with Gasteiger partial charge >= 0.3 is 7.67 Å². The number of benzene rings is 2. The van der Waals surface area contributed by atoms with Crippen molar-refractivity contribution in [2.45, 2.75) is 20.8 Å². The van der Waals surface area contributed by atoms with Crippen molar-refractivity contribution >= 4 is 19.0 Å². The molecule has 0 saturated carbocycles. The Kier molecular flexibility index (Phi) is 6.85. The van der Waals surface area contributed by atoms with E-state index in [0.717, 1.165) is 22.5 Å². The van der Waals surface area contributed by atoms with E-state index in [4.69, 9.17) is 9.26 Å². The van der Waals surface area contributed by atoms with Gasteiger partial charge in [0, 0.05) is 18.0 Å². The number of anilines is 2. The zero-order valence-corrected chi connectivity index (χ0v) is 15.3. The molecule has 24 heavy (non-hydrogen) atoms. The minimum atomic E-state index is -3.34. The van der Waals surface area contributed by atoms with E-state index in [1.54, 1.807) is 0 Å². The van der Waals surface area contributed by atoms with Crippen LogP contribution >= 0.6 is 7.67 Å². The molecule has 0 atom stereocenters. The lowest BCUT2D eigenvalue weighted by Gasteiger charge is -2.23. The van der Waals surface area contributed by atoms with E-state index in [2.05, 4.69) is 10.2 Å². The molecule has 2 aromatic rings. The quantitative estimate of drug-likeness (QED) is 0.494. The normalized spacial score (nSPS) is 11.3. The van der Waals surface area contributed by atoms with Gasteiger partial charge in [0.2, 0.25) is 0 Å². The van der Waals surface area contributed by atoms with E-state index in [9.17, 15) is 4.57 Å². The molecule has 0 heterocycles. The molecule has 2 N–H and O–H groups in total. The third-order valence-corrected chi connectivity index (χ3v) is 5.15. The molecule has 0 aromatic heterocycles. The lowest BCUT2D eigenvalue weighted by Crippen LogP contribution is -2.13. The molecule has 0 radical (unpaired) electrons. The number of hydrogen-bond acceptors (Lipinski definition) is 3. The van der Waals surface area contributed by atoms with Gasteiger partial charge in [-0.05, 0) is 44.0 Å². The fraction of sp³-hybridized carbons (Fsp3) is 0.333. The molecular formula is C18H25N2O3P. The molecular weight excluding hydrogens is 323 g/mol. The summed E-state index contributed by atoms with van der Waals surface area (Å²) in [6.45, 7) is 7.07. The Hall–Kier alpha value is -1.81. The third kappa shape index (κ3) is 5.38. The average Bonchev–Trinajstić information content (AvgIpc) is 2.56. The Morgan fingerprint density at radius 1 is 0.875 bits per heavy atom. The highest BCUT2D eigenvalue weighted by atomic mass is 31.2. The largest absolute Gasteiger partial charge is 0.391 e. The molecule has 0 aliphatic rings. The maximum absolute atomic E-state index is 13.3. The highest BCUT2D eigenvalue weighted by molar-refractivity contribution is 7.62. The number of hydrogen-bond donors (Lipinski definition) is 2. The summed E-state index contributed by atoms with van der Waals surface area (Å²) >= 11 is 0. The molecule has 0 unspecified atom stereocenters. The fourth-order valence-electron chi connectivity index (χ4n) is 2.18. The highest BCUT2D eigenvalue weighted by Crippen LogP contribution is 2.47. The van der Waals surface area contributed by atoms with Gasteiger partial charge in [0.25, 0.3) is 0 Å². The van der Waals surface area contributed by atoms with Crippen molar-refractivity contribution in [1.82, 2.24) is 0 Å². The summed E-state index contributed by atoms with van der Waals surface area (Å²) in [5.74, 6) is 0. The van der Waals surface area contributed by atoms with Crippen LogP contribution in [0.2, 0.25) is 0 Å². The van der Waals surface area contributed by atoms with Gasteiger partial charge in [-0.3, -0.25) is 14.7 Å². The van der Waals surface area contributed by atoms with Crippen molar-refractivity contribution in [3.05, 3.63) is 59.7 Å². The molecule has 0 bridgehead atoms. The van der Waals surface area contributed by atoms with Crippen molar-refractivity contribution in [2.24, 2.45) is 0 Å². The molecule has 2 aromatic carbocycles. The standard InChI is InChI=1S/C18H25N2O3P/c1-4-22-13-14-23-24(21,19-17-11-7-5-9-15(17)2)20-18-12-8-6-10-16(18)3/h5-12H,4,13-14H2,1-3H3,(H2,19,20,21). The SMILES string of the molecule is CCOCCOP(=O)(Nc1ccccc1C)Nc1ccccc1C. The minimum Gasteiger partial charge on any atom is -0.379 e. The van der Waals surface area contributed by atoms with Crippen molar-refractivity contribution in [2.75, 3.05) is 30.0 Å². The van der Waals surface area contributed by atoms with Gasteiger partial charge < -0.3 is 4.74 Å². The summed E-state index contributed by atoms with van der Waals surface area (Å²) in [4.78, 5) is 0. The molecule has 130 valence electrons. The van der Waals surface area contributed by atoms with E-state index in [1.807, 2.05) is 69.3 Å². The molecule has 0 aliphatic carbocycles. The van der Waals surface area contributed by atoms with Crippen LogP contribution < -0.4 is 10.2 Å². The van der Waals surface area contributed by atoms with Crippen molar-refractivity contribution in [3.63, 3.8) is 0 Å². The topological polar surface area (TPSA) is 59.6 Å². The first-order valence-corrected chi connectivity index (χ1v) is 9.66. The van der Waals surface area contributed by atoms with Crippen LogP contribution in [0.1, 0.15) is 18.1 Å². The lowest BCUT2D eigenvalue weighted by atomic mass is 10.2. The molecule has 0 amide bonds. The summed E-state index contributed by atoms with van der Waals surface area (Å²) < 4.78 is 24.3. The van der Waals surface area contributed by atoms with Crippen LogP contribution in [0.25, 0.3) is 0 Å². The first-order valence-electron chi connectivity index (χ1n) is 8.04. The minimum absolute atomic E-state index is 0.239. The van der Waals surface area contributed by atoms with E-state index >= 15 is 0 Å². The third-order valence-electron chi connectivity index (χ3n) is 3.53. The zero-order chi connectivity index (χ0) is 17.4. The van der Waals surface area contributed by atoms with Gasteiger partial charge in [-0.15, -0.1) is 0 Å². The van der Waals surface area contributed by atoms with Gasteiger partial charge in [0.1, 0.15) is 0 Å². The van der Waals surface area contributed by atoms with Crippen molar-refractivity contribution < 1.29 is 13.8 Å². The maximum atomic E-state index is 13.3. The Morgan fingerprint density at radius 3 is 1.83 bits per heavy atom. The zero-order valence-electron chi connectivity index (χ0n) is 14.4. The molecule has 0 spiro atoms. The lowest BCUT2D eigenvalue weighted by molar-refractivity contribution is 0.112. The highest BCUT2D eigenvalue weighted by Gasteiger charge is 2.24. The molecule has 0 aliphatic heterocycles. The van der Waals surface area contributed by atoms with E-state index in [1.165, 1.54) is 0 Å². The molecule has 5 nitrogen and oxygen atoms in total. The Morgan fingerprint density at radius 2 is 1.38 bits per heavy atom. The number of aryl methyl sites for hydroxylation is 2. The van der Waals surface area contributed by atoms with Gasteiger partial charge in [-0.2, -0.15) is 0 Å². The Bertz CT molecular complexity index is 655. The Labute approximate surface area is 143 Å². The molecule has 2 rings (SSSR count). The summed E-state index contributed by atoms with van der Waals surface area (Å²) in [5.41, 5.74) is 3.55. The smallest absolute Gasteiger partial charge is 0.379 e. The monoisotopic (exact) mass is 348 g/mol. The van der Waals surface area contributed by atoms with Crippen molar-refractivity contribution in [1.29, 1.82) is 0 Å². The van der Waals surface area contributed by atoms with Crippen LogP contribution in [-0.4, -0.2) is 19.8 Å². The van der Waals surface area contributed by atoms with Crippen LogP contribution in [0.5, 0.6) is 0 Å². The summed E-state index contributed by atoms with van der Waals surface area (Å²) in [7, 11) is -3.34. The predicted molar refractivity (Wildman–Crippen MR) is 99.7 cm³/mol. The molecule has 0 saturated heterocycles. The van der Waals surface area contributed by atoms with E-state index in [-0.39, 0.29) is 6.61 Å². The van der Waals surface area contributed by atoms with Crippen LogP contribution in [0, 0.1) is 13.8 Å². The fourth-order valence-corrected chi connectivity index (χ4v) is 3.83. The number of para-hydroxylation sites is 2. The van der Waals surface area contributed by atoms with Gasteiger partial charge in [-0.25, -0.2) is 4.57 Å². The van der Waals surface area contributed by atoms with Gasteiger partial charge in [-0.1, -0.05) is 36.4 Å². The molecule has 0 fully saturated rings. The van der Waals surface area contributed by atoms with Crippen molar-refractivity contribution in [3.8, 4) is 0 Å². The van der Waals surface area contributed by atoms with Crippen LogP contribution in [0.4, 0.5) is 11.4 Å². The second-order valence-electron chi connectivity index (χ2n) is 5.44. The summed E-state index contributed by atoms with van der Waals surface area (Å²) in [6, 6.07) is 15.4. The average molecular weight is 348 g/mol. The number of nitrogens with one attached hydrogen (secondary N) is 2. The predicted octanol–water partition coefficient (Wildman–Crippen LogP) is 4.99. The Balaban J connectivity index is 2.19.